The summed E-state index contributed by atoms with van der Waals surface area (Å²) in [4.78, 5) is 2.36. The van der Waals surface area contributed by atoms with Crippen LogP contribution in [-0.2, 0) is 0 Å². The highest BCUT2D eigenvalue weighted by molar-refractivity contribution is 5.42. The zero-order chi connectivity index (χ0) is 17.5. The zero-order valence-corrected chi connectivity index (χ0v) is 15.4. The highest BCUT2D eigenvalue weighted by atomic mass is 16.5. The molecule has 1 aliphatic rings. The topological polar surface area (TPSA) is 54.0 Å². The number of benzene rings is 1. The van der Waals surface area contributed by atoms with Crippen molar-refractivity contribution in [3.8, 4) is 11.5 Å². The Hall–Kier alpha value is -1.30. The Balaban J connectivity index is 1.84. The summed E-state index contributed by atoms with van der Waals surface area (Å²) in [7, 11) is 3.33. The minimum absolute atomic E-state index is 0.0751. The molecular weight excluding hydrogens is 304 g/mol. The molecule has 1 heterocycles. The van der Waals surface area contributed by atoms with Gasteiger partial charge in [0, 0.05) is 24.7 Å². The van der Waals surface area contributed by atoms with Crippen LogP contribution in [0.1, 0.15) is 38.3 Å². The fourth-order valence-electron chi connectivity index (χ4n) is 3.21. The molecule has 0 amide bonds. The van der Waals surface area contributed by atoms with Gasteiger partial charge in [0.25, 0.3) is 0 Å². The molecule has 2 rings (SSSR count). The number of aliphatic hydroxyl groups is 1. The standard InChI is InChI=1S/C19H32N2O3/c1-14-7-9-21(10-8-14)13-16(22)12-20-15(2)18-11-17(23-3)5-6-19(18)24-4/h5-6,11,14-16,20,22H,7-10,12-13H2,1-4H3. The van der Waals surface area contributed by atoms with Gasteiger partial charge in [-0.1, -0.05) is 6.92 Å². The number of likely N-dealkylation sites (tertiary alicyclic amines) is 1. The Morgan fingerprint density at radius 1 is 1.25 bits per heavy atom. The Bertz CT molecular complexity index is 501. The SMILES string of the molecule is COc1ccc(OC)c(C(C)NCC(O)CN2CCC(C)CC2)c1. The van der Waals surface area contributed by atoms with Gasteiger partial charge in [-0.05, 0) is 57.0 Å². The van der Waals surface area contributed by atoms with E-state index >= 15 is 0 Å². The molecule has 24 heavy (non-hydrogen) atoms. The van der Waals surface area contributed by atoms with Crippen LogP contribution in [0.5, 0.6) is 11.5 Å². The highest BCUT2D eigenvalue weighted by Crippen LogP contribution is 2.29. The van der Waals surface area contributed by atoms with Crippen molar-refractivity contribution in [3.63, 3.8) is 0 Å². The largest absolute Gasteiger partial charge is 0.497 e. The number of aliphatic hydroxyl groups excluding tert-OH is 1. The van der Waals surface area contributed by atoms with E-state index in [1.54, 1.807) is 14.2 Å². The molecule has 0 bridgehead atoms. The highest BCUT2D eigenvalue weighted by Gasteiger charge is 2.19. The second-order valence-corrected chi connectivity index (χ2v) is 6.87. The smallest absolute Gasteiger partial charge is 0.123 e. The lowest BCUT2D eigenvalue weighted by atomic mass is 9.99. The van der Waals surface area contributed by atoms with Gasteiger partial charge in [0.2, 0.25) is 0 Å². The van der Waals surface area contributed by atoms with Gasteiger partial charge in [0.05, 0.1) is 20.3 Å². The van der Waals surface area contributed by atoms with Crippen LogP contribution in [0.15, 0.2) is 18.2 Å². The van der Waals surface area contributed by atoms with Crippen molar-refractivity contribution in [2.45, 2.75) is 38.8 Å². The van der Waals surface area contributed by atoms with Crippen molar-refractivity contribution in [3.05, 3.63) is 23.8 Å². The summed E-state index contributed by atoms with van der Waals surface area (Å²) in [6.45, 7) is 7.87. The van der Waals surface area contributed by atoms with E-state index in [0.717, 1.165) is 42.6 Å². The Morgan fingerprint density at radius 3 is 2.58 bits per heavy atom. The third-order valence-corrected chi connectivity index (χ3v) is 4.91. The van der Waals surface area contributed by atoms with E-state index in [-0.39, 0.29) is 12.1 Å². The normalized spacial score (nSPS) is 19.0. The molecule has 1 fully saturated rings. The van der Waals surface area contributed by atoms with Gasteiger partial charge >= 0.3 is 0 Å². The van der Waals surface area contributed by atoms with Crippen molar-refractivity contribution in [1.82, 2.24) is 10.2 Å². The first kappa shape index (κ1) is 19.0. The second-order valence-electron chi connectivity index (χ2n) is 6.87. The average Bonchev–Trinajstić information content (AvgIpc) is 2.61. The minimum Gasteiger partial charge on any atom is -0.497 e. The molecule has 5 nitrogen and oxygen atoms in total. The molecule has 0 aromatic heterocycles. The third kappa shape index (κ3) is 5.36. The number of β-amino-alcohol motifs (C(OH)–C–C–N with tert-alkyl or cyclic N) is 1. The molecule has 5 heteroatoms. The molecule has 0 aliphatic carbocycles. The first-order valence-corrected chi connectivity index (χ1v) is 8.89. The van der Waals surface area contributed by atoms with E-state index in [9.17, 15) is 5.11 Å². The van der Waals surface area contributed by atoms with Gasteiger partial charge in [-0.2, -0.15) is 0 Å². The Morgan fingerprint density at radius 2 is 1.96 bits per heavy atom. The molecular formula is C19H32N2O3. The van der Waals surface area contributed by atoms with Gasteiger partial charge in [0.15, 0.2) is 0 Å². The summed E-state index contributed by atoms with van der Waals surface area (Å²) >= 11 is 0. The van der Waals surface area contributed by atoms with E-state index < -0.39 is 0 Å². The first-order valence-electron chi connectivity index (χ1n) is 8.89. The van der Waals surface area contributed by atoms with Gasteiger partial charge in [-0.25, -0.2) is 0 Å². The summed E-state index contributed by atoms with van der Waals surface area (Å²) in [5.74, 6) is 2.45. The fourth-order valence-corrected chi connectivity index (χ4v) is 3.21. The lowest BCUT2D eigenvalue weighted by Gasteiger charge is -2.32. The average molecular weight is 336 g/mol. The number of methoxy groups -OCH3 is 2. The predicted molar refractivity (Wildman–Crippen MR) is 96.8 cm³/mol. The van der Waals surface area contributed by atoms with Crippen LogP contribution in [0.25, 0.3) is 0 Å². The van der Waals surface area contributed by atoms with Crippen LogP contribution in [-0.4, -0.2) is 56.5 Å². The molecule has 1 aromatic carbocycles. The molecule has 1 saturated heterocycles. The van der Waals surface area contributed by atoms with Crippen LogP contribution in [0.4, 0.5) is 0 Å². The zero-order valence-electron chi connectivity index (χ0n) is 15.4. The summed E-state index contributed by atoms with van der Waals surface area (Å²) in [6.07, 6.45) is 2.10. The minimum atomic E-state index is -0.363. The second kappa shape index (κ2) is 9.25. The summed E-state index contributed by atoms with van der Waals surface area (Å²) in [6, 6.07) is 5.86. The number of nitrogens with one attached hydrogen (secondary N) is 1. The number of rotatable bonds is 8. The van der Waals surface area contributed by atoms with Crippen LogP contribution >= 0.6 is 0 Å². The van der Waals surface area contributed by atoms with Crippen molar-refractivity contribution < 1.29 is 14.6 Å². The molecule has 1 aromatic rings. The molecule has 2 N–H and O–H groups in total. The van der Waals surface area contributed by atoms with E-state index in [0.29, 0.717) is 6.54 Å². The first-order chi connectivity index (χ1) is 11.5. The molecule has 0 spiro atoms. The van der Waals surface area contributed by atoms with E-state index in [1.807, 2.05) is 18.2 Å². The number of ether oxygens (including phenoxy) is 2. The molecule has 0 radical (unpaired) electrons. The third-order valence-electron chi connectivity index (χ3n) is 4.91. The van der Waals surface area contributed by atoms with E-state index in [2.05, 4.69) is 24.1 Å². The lowest BCUT2D eigenvalue weighted by molar-refractivity contribution is 0.0891. The fraction of sp³-hybridized carbons (Fsp3) is 0.684. The number of hydrogen-bond acceptors (Lipinski definition) is 5. The van der Waals surface area contributed by atoms with Gasteiger partial charge in [0.1, 0.15) is 11.5 Å². The Kier molecular flexibility index (Phi) is 7.34. The maximum absolute atomic E-state index is 10.3. The van der Waals surface area contributed by atoms with Crippen LogP contribution in [0, 0.1) is 5.92 Å². The molecule has 1 aliphatic heterocycles. The maximum Gasteiger partial charge on any atom is 0.123 e. The summed E-state index contributed by atoms with van der Waals surface area (Å²) < 4.78 is 10.7. The summed E-state index contributed by atoms with van der Waals surface area (Å²) in [5.41, 5.74) is 1.04. The molecule has 136 valence electrons. The monoisotopic (exact) mass is 336 g/mol. The van der Waals surface area contributed by atoms with Crippen molar-refractivity contribution >= 4 is 0 Å². The Labute approximate surface area is 146 Å². The quantitative estimate of drug-likeness (QED) is 0.764. The van der Waals surface area contributed by atoms with Crippen LogP contribution in [0.2, 0.25) is 0 Å². The maximum atomic E-state index is 10.3. The van der Waals surface area contributed by atoms with Crippen molar-refractivity contribution in [2.75, 3.05) is 40.4 Å². The van der Waals surface area contributed by atoms with Crippen LogP contribution in [0.3, 0.4) is 0 Å². The van der Waals surface area contributed by atoms with E-state index in [4.69, 9.17) is 9.47 Å². The molecule has 2 atom stereocenters. The molecule has 0 saturated carbocycles. The van der Waals surface area contributed by atoms with Gasteiger partial charge in [-0.15, -0.1) is 0 Å². The van der Waals surface area contributed by atoms with Gasteiger partial charge in [-0.3, -0.25) is 0 Å². The van der Waals surface area contributed by atoms with E-state index in [1.165, 1.54) is 12.8 Å². The lowest BCUT2D eigenvalue weighted by Crippen LogP contribution is -2.42. The van der Waals surface area contributed by atoms with Crippen LogP contribution < -0.4 is 14.8 Å². The molecule has 2 unspecified atom stereocenters. The van der Waals surface area contributed by atoms with Gasteiger partial charge < -0.3 is 24.8 Å². The van der Waals surface area contributed by atoms with Crippen molar-refractivity contribution in [2.24, 2.45) is 5.92 Å². The summed E-state index contributed by atoms with van der Waals surface area (Å²) in [5, 5.41) is 13.7. The number of piperidine rings is 1. The predicted octanol–water partition coefficient (Wildman–Crippen LogP) is 2.45. The number of nitrogens with zero attached hydrogens (tertiary/aromatic N) is 1. The van der Waals surface area contributed by atoms with Crippen molar-refractivity contribution in [1.29, 1.82) is 0 Å². The number of hydrogen-bond donors (Lipinski definition) is 2.